The van der Waals surface area contributed by atoms with Crippen LogP contribution in [0, 0.1) is 62.7 Å². The van der Waals surface area contributed by atoms with E-state index in [4.69, 9.17) is 50.0 Å². The first-order valence-corrected chi connectivity index (χ1v) is 53.0. The van der Waals surface area contributed by atoms with Crippen molar-refractivity contribution >= 4 is 109 Å². The highest BCUT2D eigenvalue weighted by molar-refractivity contribution is 7.85. The number of Topliss-reactive ketones (excluding diaryl/α,β-unsaturated/α-hetero) is 2. The summed E-state index contributed by atoms with van der Waals surface area (Å²) in [5.41, 5.74) is 17.5. The topological polar surface area (TPSA) is 703 Å². The number of carbonyl (C=O) groups is 2. The highest BCUT2D eigenvalue weighted by atomic mass is 32.2. The monoisotopic (exact) mass is 2070 g/mol. The predicted molar refractivity (Wildman–Crippen MR) is 493 cm³/mol. The molecule has 2 fully saturated rings. The fourth-order valence-corrected chi connectivity index (χ4v) is 22.1. The Morgan fingerprint density at radius 3 is 1.55 bits per heavy atom. The zero-order valence-corrected chi connectivity index (χ0v) is 82.6. The maximum atomic E-state index is 13.1. The third-order valence-electron chi connectivity index (χ3n) is 22.1. The summed E-state index contributed by atoms with van der Waals surface area (Å²) >= 11 is 0. The van der Waals surface area contributed by atoms with Gasteiger partial charge in [-0.2, -0.15) is 31.8 Å². The number of carbonyl (C=O) groups excluding carboxylic acids is 2. The molecule has 54 heteroatoms. The molecule has 12 atom stereocenters. The third-order valence-corrected chi connectivity index (χ3v) is 30.5. The number of allylic oxidation sites excluding steroid dienone is 6. The average molecular weight is 2070 g/mol. The van der Waals surface area contributed by atoms with Crippen LogP contribution in [0.2, 0.25) is 0 Å². The number of hydrogen-bond acceptors (Lipinski definition) is 34. The van der Waals surface area contributed by atoms with Gasteiger partial charge in [-0.1, -0.05) is 101 Å². The Balaban J connectivity index is 0.000000361. The molecule has 0 saturated carbocycles. The van der Waals surface area contributed by atoms with Gasteiger partial charge < -0.3 is 89.2 Å². The summed E-state index contributed by atoms with van der Waals surface area (Å²) in [5, 5.41) is 45.5. The van der Waals surface area contributed by atoms with Crippen molar-refractivity contribution in [3.05, 3.63) is 213 Å². The Bertz CT molecular complexity index is 6430. The molecule has 138 heavy (non-hydrogen) atoms. The van der Waals surface area contributed by atoms with Gasteiger partial charge in [0, 0.05) is 139 Å². The number of ether oxygens (including phenoxy) is 4. The van der Waals surface area contributed by atoms with Crippen molar-refractivity contribution in [1.29, 1.82) is 0 Å². The second-order valence-electron chi connectivity index (χ2n) is 34.0. The van der Waals surface area contributed by atoms with Crippen LogP contribution in [-0.4, -0.2) is 164 Å². The van der Waals surface area contributed by atoms with E-state index in [0.29, 0.717) is 49.8 Å². The first-order valence-electron chi connectivity index (χ1n) is 42.6. The summed E-state index contributed by atoms with van der Waals surface area (Å²) in [6.07, 6.45) is 5.11. The standard InChI is InChI=1S/C58H73N6O20P3S.C26H35N4O17P3/c1-9-61-46-27-23-38(4)30-44(46)57(5,6)51(61)21-13-10-14-22-52-58(7,8)45-32-42(88(77,78)79)25-28-47(45)62(52)29-17-11-12-19-41(65)20-16-15-18-39-24-26-43(48(31-39)64(68)69)54(37(2)3)80-35-40-34-63(56(67)60-55(40)59)53-33-49(66)50(82-53)36-81-86(73,74)84-87(75,76)83-85(70,71)72;1-15(2)24(19-9-8-17(10-20(19)30(34)35)7-5-4-6-16(3)31)43-13-18-12-29(26(33)28-25(18)27)23-11-21(32)22(45-23)14-44-49(39,40)47-50(41,42)46-48(36,37)38/h10,13-14,21-28,30-32,34,37,49-50,53-54,66H,9,11-12,16-17,19-20,29,33,35-36H2,1-8H3,(H6-,59,60,67,70,71,72,73,74,75,76,77,78,79);8-10,12,15,21-24,32H,4,6,11,13-14H2,1-3H3,(H,39,40)(H,41,42)(H2,27,28,33)(H2,36,37,38)/t49?,50-,53-,54-;21?,22-,23-,24-/m11/s1. The Morgan fingerprint density at radius 1 is 0.630 bits per heavy atom. The van der Waals surface area contributed by atoms with Crippen molar-refractivity contribution in [3.63, 3.8) is 0 Å². The lowest BCUT2D eigenvalue weighted by Gasteiger charge is -2.25. The minimum atomic E-state index is -5.82. The van der Waals surface area contributed by atoms with E-state index in [0.717, 1.165) is 32.6 Å². The van der Waals surface area contributed by atoms with Gasteiger partial charge in [-0.15, -0.1) is 0 Å². The molecule has 0 bridgehead atoms. The first-order chi connectivity index (χ1) is 64.1. The zero-order chi connectivity index (χ0) is 103. The van der Waals surface area contributed by atoms with Crippen LogP contribution >= 0.6 is 46.9 Å². The van der Waals surface area contributed by atoms with Gasteiger partial charge in [0.1, 0.15) is 64.5 Å². The number of likely N-dealkylation sites (N-methyl/N-ethyl adjacent to an activating group) is 1. The number of nitro groups is 2. The molecular weight excluding hydrogens is 1960 g/mol. The van der Waals surface area contributed by atoms with Crippen molar-refractivity contribution in [2.45, 2.75) is 218 Å². The Labute approximate surface area is 791 Å². The highest BCUT2D eigenvalue weighted by Crippen LogP contribution is 2.68. The van der Waals surface area contributed by atoms with Crippen molar-refractivity contribution in [2.24, 2.45) is 11.8 Å². The number of phosphoric acid groups is 6. The lowest BCUT2D eigenvalue weighted by atomic mass is 9.81. The van der Waals surface area contributed by atoms with Crippen LogP contribution in [0.1, 0.15) is 208 Å². The van der Waals surface area contributed by atoms with Gasteiger partial charge in [-0.05, 0) is 113 Å². The van der Waals surface area contributed by atoms with Crippen LogP contribution in [0.4, 0.5) is 34.4 Å². The Kier molecular flexibility index (Phi) is 37.9. The second-order valence-corrected chi connectivity index (χ2v) is 44.2. The number of anilines is 3. The number of rotatable bonds is 43. The average Bonchev–Trinajstić information content (AvgIpc) is 1.58. The molecule has 4 aliphatic rings. The molecule has 0 aliphatic carbocycles. The third kappa shape index (κ3) is 30.8. The van der Waals surface area contributed by atoms with E-state index >= 15 is 0 Å². The molecular formula is C84H108N10O37P6S. The van der Waals surface area contributed by atoms with Crippen LogP contribution in [0.3, 0.4) is 0 Å². The normalized spacial score (nSPS) is 20.5. The van der Waals surface area contributed by atoms with Gasteiger partial charge in [0.15, 0.2) is 5.71 Å². The molecule has 4 aromatic carbocycles. The van der Waals surface area contributed by atoms with Gasteiger partial charge in [0.2, 0.25) is 5.69 Å². The largest absolute Gasteiger partial charge is 0.744 e. The second kappa shape index (κ2) is 46.6. The molecule has 752 valence electrons. The smallest absolute Gasteiger partial charge is 0.490 e. The number of fused-ring (bicyclic) bond motifs is 2. The quantitative estimate of drug-likeness (QED) is 0.00247. The number of nitro benzene ring substituents is 2. The molecule has 0 spiro atoms. The molecule has 6 aromatic rings. The van der Waals surface area contributed by atoms with Crippen molar-refractivity contribution in [2.75, 3.05) is 42.7 Å². The van der Waals surface area contributed by atoms with Gasteiger partial charge in [-0.25, -0.2) is 45.4 Å². The molecule has 6 heterocycles. The lowest BCUT2D eigenvalue weighted by molar-refractivity contribution is -0.438. The van der Waals surface area contributed by atoms with E-state index in [-0.39, 0.29) is 124 Å². The molecule has 14 N–H and O–H groups in total. The van der Waals surface area contributed by atoms with Crippen LogP contribution in [0.5, 0.6) is 0 Å². The van der Waals surface area contributed by atoms with Gasteiger partial charge >= 0.3 is 58.3 Å². The van der Waals surface area contributed by atoms with E-state index in [1.807, 2.05) is 38.2 Å². The van der Waals surface area contributed by atoms with Crippen molar-refractivity contribution < 1.29 is 159 Å². The minimum Gasteiger partial charge on any atom is -0.744 e. The minimum absolute atomic E-state index is 0.00187. The predicted octanol–water partition coefficient (Wildman–Crippen LogP) is 11.4. The van der Waals surface area contributed by atoms with E-state index in [9.17, 15) is 110 Å². The van der Waals surface area contributed by atoms with Gasteiger partial charge in [0.05, 0.1) is 82.1 Å². The number of nitrogens with two attached hydrogens (primary N) is 2. The van der Waals surface area contributed by atoms with E-state index in [2.05, 4.69) is 121 Å². The number of aromatic nitrogens is 4. The summed E-state index contributed by atoms with van der Waals surface area (Å²) < 4.78 is 157. The summed E-state index contributed by atoms with van der Waals surface area (Å²) in [7, 11) is -38.7. The van der Waals surface area contributed by atoms with E-state index in [1.165, 1.54) is 78.2 Å². The Morgan fingerprint density at radius 2 is 1.11 bits per heavy atom. The molecule has 10 rings (SSSR count). The van der Waals surface area contributed by atoms with Crippen LogP contribution in [0.25, 0.3) is 0 Å². The number of aliphatic hydroxyl groups is 2. The fourth-order valence-electron chi connectivity index (χ4n) is 15.6. The van der Waals surface area contributed by atoms with Crippen LogP contribution < -0.4 is 27.7 Å². The number of nitrogens with zero attached hydrogens (tertiary/aromatic N) is 8. The number of unbranched alkanes of at least 4 members (excludes halogenated alkanes) is 2. The number of aliphatic hydroxyl groups excluding tert-OH is 2. The van der Waals surface area contributed by atoms with E-state index in [1.54, 1.807) is 45.9 Å². The molecule has 2 saturated heterocycles. The highest BCUT2D eigenvalue weighted by Gasteiger charge is 2.48. The maximum Gasteiger partial charge on any atom is 0.490 e. The number of ketones is 2. The van der Waals surface area contributed by atoms with Crippen molar-refractivity contribution in [1.82, 2.24) is 19.1 Å². The summed E-state index contributed by atoms with van der Waals surface area (Å²) in [5.74, 6) is 10.3. The lowest BCUT2D eigenvalue weighted by Crippen LogP contribution is -2.29. The zero-order valence-electron chi connectivity index (χ0n) is 76.4. The van der Waals surface area contributed by atoms with Gasteiger partial charge in [-0.3, -0.25) is 48.0 Å². The van der Waals surface area contributed by atoms with Crippen molar-refractivity contribution in [3.8, 4) is 23.7 Å². The van der Waals surface area contributed by atoms with E-state index < -0.39 is 146 Å². The number of benzene rings is 4. The number of nitrogen functional groups attached to an aromatic ring is 2. The van der Waals surface area contributed by atoms with Crippen LogP contribution in [0.15, 0.2) is 136 Å². The summed E-state index contributed by atoms with van der Waals surface area (Å²) in [6, 6.07) is 19.8. The molecule has 2 aromatic heterocycles. The number of phosphoric ester groups is 2. The molecule has 4 aliphatic heterocycles. The van der Waals surface area contributed by atoms with Crippen LogP contribution in [-0.2, 0) is 116 Å². The maximum absolute atomic E-state index is 13.1. The first kappa shape index (κ1) is 112. The summed E-state index contributed by atoms with van der Waals surface area (Å²) in [6.45, 7) is 20.0. The number of aryl methyl sites for hydroxylation is 1. The molecule has 6 unspecified atom stereocenters. The SMILES string of the molecule is CC(=O)CCC#Cc1ccc([C@H](OCc2cn([C@H]3CC(O)[C@@H](COP(=O)(O)OP(=O)(O)OP(=O)(O)O)O3)c(=O)nc2N)C(C)C)c([N+](=O)[O-])c1.CCN1C(=CC=CC=CC2=[N+](CCCCCC(=O)CCC#Cc3ccc([C@H](OCc4cn([C@H]5CC(O)[C@@H](COP(=O)(O)OP(=O)(O)OP(=O)(O)O)O5)c(=O)nc4N)C(C)C)c([N+](=O)[O-])c3)c3ccc(S(=O)(=O)[O-])cc3C2(C)C)C(C)(C)c2cc(C)ccc21. The molecule has 0 radical (unpaired) electrons. The summed E-state index contributed by atoms with van der Waals surface area (Å²) in [4.78, 5) is 156. The molecule has 0 amide bonds. The number of hydrogen-bond donors (Lipinski definition) is 12. The fraction of sp³-hybridized carbons (Fsp3) is 0.464. The Hall–Kier alpha value is -9.32. The van der Waals surface area contributed by atoms with Gasteiger partial charge in [0.25, 0.3) is 11.4 Å². The molecule has 47 nitrogen and oxygen atoms in total.